The fraction of sp³-hybridized carbons (Fsp3) is 0. The van der Waals surface area contributed by atoms with Gasteiger partial charge in [-0.25, -0.2) is 16.8 Å². The van der Waals surface area contributed by atoms with Crippen molar-refractivity contribution in [3.05, 3.63) is 47.5 Å². The van der Waals surface area contributed by atoms with Crippen LogP contribution < -0.4 is 59.1 Å². The normalized spacial score (nSPS) is 11.0. The van der Waals surface area contributed by atoms with Gasteiger partial charge in [0.25, 0.3) is 0 Å². The predicted octanol–water partition coefficient (Wildman–Crippen LogP) is -3.02. The van der Waals surface area contributed by atoms with Gasteiger partial charge in [0.2, 0.25) is 0 Å². The largest absolute Gasteiger partial charge is 1.00 e. The van der Waals surface area contributed by atoms with Crippen LogP contribution in [0.5, 0.6) is 0 Å². The Balaban J connectivity index is 0.00000420. The van der Waals surface area contributed by atoms with Crippen LogP contribution >= 0.6 is 24.0 Å². The second-order valence-corrected chi connectivity index (χ2v) is 8.80. The molecule has 0 fully saturated rings. The number of thiocyanates is 1. The van der Waals surface area contributed by atoms with Crippen LogP contribution in [-0.4, -0.2) is 31.1 Å². The Bertz CT molecular complexity index is 1270. The summed E-state index contributed by atoms with van der Waals surface area (Å²) in [5.74, 6) is 0. The number of rotatable bonds is 6. The second kappa shape index (κ2) is 12.6. The number of hydrogen-bond acceptors (Lipinski definition) is 10. The van der Waals surface area contributed by atoms with Crippen LogP contribution in [0.4, 0.5) is 5.69 Å². The molecule has 8 nitrogen and oxygen atoms in total. The molecule has 0 aliphatic rings. The number of isothiocyanates is 1. The molecule has 30 heavy (non-hydrogen) atoms. The minimum Gasteiger partial charge on any atom is -0.744 e. The van der Waals surface area contributed by atoms with E-state index >= 15 is 0 Å². The molecule has 0 saturated carbocycles. The molecule has 14 heteroatoms. The average Bonchev–Trinajstić information content (AvgIpc) is 2.60. The Hall–Kier alpha value is -0.360. The van der Waals surface area contributed by atoms with Crippen LogP contribution in [0.15, 0.2) is 56.1 Å². The molecule has 0 aliphatic carbocycles. The van der Waals surface area contributed by atoms with Crippen LogP contribution in [0.3, 0.4) is 0 Å². The number of hydrogen-bond donors (Lipinski definition) is 0. The van der Waals surface area contributed by atoms with E-state index in [0.717, 1.165) is 12.1 Å². The van der Waals surface area contributed by atoms with Crippen molar-refractivity contribution in [2.45, 2.75) is 14.7 Å². The Morgan fingerprint density at radius 2 is 1.43 bits per heavy atom. The third-order valence-corrected chi connectivity index (χ3v) is 5.76. The first-order valence-electron chi connectivity index (χ1n) is 7.08. The summed E-state index contributed by atoms with van der Waals surface area (Å²) in [5, 5.41) is 12.5. The van der Waals surface area contributed by atoms with E-state index < -0.39 is 30.0 Å². The van der Waals surface area contributed by atoms with Gasteiger partial charge in [-0.05, 0) is 59.4 Å². The third-order valence-electron chi connectivity index (χ3n) is 3.30. The molecule has 0 N–H and O–H groups in total. The number of nitriles is 1. The molecule has 0 radical (unpaired) electrons. The summed E-state index contributed by atoms with van der Waals surface area (Å²) < 4.78 is 69.0. The molecule has 2 aromatic carbocycles. The van der Waals surface area contributed by atoms with Crippen LogP contribution in [0, 0.1) is 10.7 Å². The van der Waals surface area contributed by atoms with E-state index in [1.807, 2.05) is 5.16 Å². The summed E-state index contributed by atoms with van der Waals surface area (Å²) >= 11 is 5.10. The maximum atomic E-state index is 11.5. The quantitative estimate of drug-likeness (QED) is 0.0771. The van der Waals surface area contributed by atoms with E-state index in [-0.39, 0.29) is 80.8 Å². The third kappa shape index (κ3) is 8.29. The van der Waals surface area contributed by atoms with Crippen molar-refractivity contribution in [1.82, 2.24) is 0 Å². The summed E-state index contributed by atoms with van der Waals surface area (Å²) in [6, 6.07) is 7.41. The van der Waals surface area contributed by atoms with Crippen molar-refractivity contribution in [3.8, 4) is 5.40 Å². The van der Waals surface area contributed by atoms with Gasteiger partial charge in [0.1, 0.15) is 25.6 Å². The van der Waals surface area contributed by atoms with E-state index in [0.29, 0.717) is 11.8 Å². The van der Waals surface area contributed by atoms with E-state index in [4.69, 9.17) is 5.26 Å². The fourth-order valence-electron chi connectivity index (χ4n) is 2.16. The van der Waals surface area contributed by atoms with Gasteiger partial charge in [0.05, 0.1) is 20.6 Å². The molecule has 2 aromatic rings. The molecular weight excluding hydrogens is 490 g/mol. The van der Waals surface area contributed by atoms with Gasteiger partial charge in [-0.1, -0.05) is 24.3 Å². The fourth-order valence-corrected chi connectivity index (χ4v) is 4.15. The van der Waals surface area contributed by atoms with Gasteiger partial charge in [0, 0.05) is 4.90 Å². The van der Waals surface area contributed by atoms with Gasteiger partial charge in [-0.2, -0.15) is 10.3 Å². The summed E-state index contributed by atoms with van der Waals surface area (Å²) in [6.45, 7) is 0. The number of thioether (sulfide) groups is 1. The number of nitrogens with zero attached hydrogens (tertiary/aromatic N) is 2. The molecule has 0 bridgehead atoms. The predicted molar refractivity (Wildman–Crippen MR) is 104 cm³/mol. The Labute approximate surface area is 227 Å². The Kier molecular flexibility index (Phi) is 12.5. The first-order valence-corrected chi connectivity index (χ1v) is 11.1. The Morgan fingerprint density at radius 1 is 0.933 bits per heavy atom. The van der Waals surface area contributed by atoms with Crippen molar-refractivity contribution in [2.24, 2.45) is 4.99 Å². The van der Waals surface area contributed by atoms with Crippen LogP contribution in [0.2, 0.25) is 0 Å². The molecule has 0 aromatic heterocycles. The van der Waals surface area contributed by atoms with Crippen molar-refractivity contribution in [3.63, 3.8) is 0 Å². The summed E-state index contributed by atoms with van der Waals surface area (Å²) in [4.78, 5) is 2.67. The average molecular weight is 498 g/mol. The van der Waals surface area contributed by atoms with Crippen LogP contribution in [0.25, 0.3) is 12.2 Å². The van der Waals surface area contributed by atoms with Crippen LogP contribution in [-0.2, 0) is 20.2 Å². The van der Waals surface area contributed by atoms with Crippen molar-refractivity contribution >= 4 is 67.2 Å². The zero-order chi connectivity index (χ0) is 20.9. The monoisotopic (exact) mass is 498 g/mol. The van der Waals surface area contributed by atoms with E-state index in [9.17, 15) is 25.9 Å². The van der Waals surface area contributed by atoms with Gasteiger partial charge < -0.3 is 9.11 Å². The van der Waals surface area contributed by atoms with Gasteiger partial charge >= 0.3 is 59.1 Å². The second-order valence-electron chi connectivity index (χ2n) is 5.06. The topological polar surface area (TPSA) is 151 Å². The number of benzene rings is 2. The standard InChI is InChI=1S/C16H10N2O6S4.2Na/c17-9-26-14-6-4-12(16(8-14)28(22,23)24)2-1-11-3-5-13(18-10-25)7-15(11)27(19,20)21;;/h1-8H,(H,19,20,21)(H,22,23,24);;/q;2*+1/p-2. The molecule has 144 valence electrons. The van der Waals surface area contributed by atoms with Gasteiger partial charge in [0.15, 0.2) is 0 Å². The van der Waals surface area contributed by atoms with Gasteiger partial charge in [-0.15, -0.1) is 0 Å². The molecule has 0 aliphatic heterocycles. The van der Waals surface area contributed by atoms with Crippen molar-refractivity contribution in [2.75, 3.05) is 0 Å². The minimum atomic E-state index is -4.87. The number of thiocarbonyl (C=S) groups is 1. The molecule has 2 rings (SSSR count). The first-order chi connectivity index (χ1) is 13.1. The molecule has 0 amide bonds. The molecule has 0 unspecified atom stereocenters. The number of aliphatic imine (C=N–C) groups is 1. The smallest absolute Gasteiger partial charge is 0.744 e. The van der Waals surface area contributed by atoms with Gasteiger partial charge in [-0.3, -0.25) is 0 Å². The molecule has 0 atom stereocenters. The molecular formula is C16H8N2Na2O6S4. The van der Waals surface area contributed by atoms with E-state index in [1.165, 1.54) is 36.4 Å². The Morgan fingerprint density at radius 3 is 1.90 bits per heavy atom. The summed E-state index contributed by atoms with van der Waals surface area (Å²) in [6.07, 6.45) is 2.36. The maximum absolute atomic E-state index is 11.5. The van der Waals surface area contributed by atoms with Crippen molar-refractivity contribution < 1.29 is 85.1 Å². The summed E-state index contributed by atoms with van der Waals surface area (Å²) in [7, 11) is -9.74. The molecule has 0 spiro atoms. The SMILES string of the molecule is N#CSc1ccc(C=Cc2ccc(N=C=S)cc2S(=O)(=O)[O-])c(S(=O)(=O)[O-])c1.[Na+].[Na+]. The molecule has 0 saturated heterocycles. The summed E-state index contributed by atoms with van der Waals surface area (Å²) in [5.41, 5.74) is 0.0258. The van der Waals surface area contributed by atoms with Crippen LogP contribution in [0.1, 0.15) is 11.1 Å². The van der Waals surface area contributed by atoms with E-state index in [1.54, 1.807) is 5.40 Å². The molecule has 0 heterocycles. The minimum absolute atomic E-state index is 0. The first kappa shape index (κ1) is 29.6. The zero-order valence-corrected chi connectivity index (χ0v) is 22.9. The van der Waals surface area contributed by atoms with E-state index in [2.05, 4.69) is 17.2 Å². The van der Waals surface area contributed by atoms with Crippen molar-refractivity contribution in [1.29, 1.82) is 5.26 Å². The zero-order valence-electron chi connectivity index (χ0n) is 15.6. The maximum Gasteiger partial charge on any atom is 1.00 e.